The van der Waals surface area contributed by atoms with Crippen molar-refractivity contribution in [3.05, 3.63) is 83.8 Å². The lowest BCUT2D eigenvalue weighted by Gasteiger charge is -2.33. The number of nitrogens with zero attached hydrogens (tertiary/aromatic N) is 3. The van der Waals surface area contributed by atoms with Crippen molar-refractivity contribution in [3.8, 4) is 16.9 Å². The number of ether oxygens (including phenoxy) is 2. The molecule has 7 nitrogen and oxygen atoms in total. The number of para-hydroxylation sites is 3. The number of hydrogen-bond donors (Lipinski definition) is 1. The van der Waals surface area contributed by atoms with E-state index in [2.05, 4.69) is 10.4 Å². The van der Waals surface area contributed by atoms with Gasteiger partial charge < -0.3 is 14.4 Å². The number of carbonyl (C=O) groups excluding carboxylic acids is 1. The molecule has 1 N–H and O–H groups in total. The Morgan fingerprint density at radius 2 is 1.74 bits per heavy atom. The van der Waals surface area contributed by atoms with Gasteiger partial charge in [0.05, 0.1) is 42.2 Å². The third kappa shape index (κ3) is 4.26. The highest BCUT2D eigenvalue weighted by Gasteiger charge is 2.27. The van der Waals surface area contributed by atoms with E-state index in [1.165, 1.54) is 6.20 Å². The Balaban J connectivity index is 1.47. The van der Waals surface area contributed by atoms with Gasteiger partial charge in [0.15, 0.2) is 11.6 Å². The third-order valence-electron chi connectivity index (χ3n) is 6.69. The van der Waals surface area contributed by atoms with Gasteiger partial charge in [-0.3, -0.25) is 20.2 Å². The molecule has 2 aliphatic rings. The zero-order valence-electron chi connectivity index (χ0n) is 20.2. The summed E-state index contributed by atoms with van der Waals surface area (Å²) in [5, 5.41) is 2.29. The van der Waals surface area contributed by atoms with E-state index in [0.717, 1.165) is 11.8 Å². The van der Waals surface area contributed by atoms with Gasteiger partial charge in [0.2, 0.25) is 0 Å². The Morgan fingerprint density at radius 3 is 2.58 bits per heavy atom. The molecule has 1 aromatic heterocycles. The first-order valence-electron chi connectivity index (χ1n) is 12.2. The molecular weight excluding hydrogens is 497 g/mol. The Labute approximate surface area is 216 Å². The summed E-state index contributed by atoms with van der Waals surface area (Å²) in [4.78, 5) is 20.2. The van der Waals surface area contributed by atoms with Gasteiger partial charge in [0.25, 0.3) is 5.91 Å². The highest BCUT2D eigenvalue weighted by molar-refractivity contribution is 6.10. The van der Waals surface area contributed by atoms with Crippen molar-refractivity contribution in [1.29, 1.82) is 0 Å². The molecule has 3 heterocycles. The minimum Gasteiger partial charge on any atom is -0.489 e. The Morgan fingerprint density at radius 1 is 0.921 bits per heavy atom. The van der Waals surface area contributed by atoms with Crippen molar-refractivity contribution in [3.63, 3.8) is 0 Å². The molecule has 6 rings (SSSR count). The lowest BCUT2D eigenvalue weighted by atomic mass is 9.98. The minimum absolute atomic E-state index is 0.224. The van der Waals surface area contributed by atoms with Gasteiger partial charge in [-0.2, -0.15) is 0 Å². The maximum absolute atomic E-state index is 14.8. The monoisotopic (exact) mass is 520 g/mol. The number of aromatic nitrogens is 1. The first kappa shape index (κ1) is 24.1. The molecule has 0 spiro atoms. The molecule has 4 aromatic rings. The van der Waals surface area contributed by atoms with Crippen LogP contribution in [0.1, 0.15) is 10.4 Å². The van der Waals surface area contributed by atoms with E-state index in [0.29, 0.717) is 73.4 Å². The van der Waals surface area contributed by atoms with Crippen LogP contribution in [0.15, 0.2) is 60.8 Å². The summed E-state index contributed by atoms with van der Waals surface area (Å²) >= 11 is 0. The molecule has 0 bridgehead atoms. The van der Waals surface area contributed by atoms with Crippen molar-refractivity contribution < 1.29 is 27.4 Å². The largest absolute Gasteiger partial charge is 0.489 e. The summed E-state index contributed by atoms with van der Waals surface area (Å²) < 4.78 is 54.1. The van der Waals surface area contributed by atoms with Gasteiger partial charge in [-0.15, -0.1) is 0 Å². The number of halogens is 3. The van der Waals surface area contributed by atoms with Crippen molar-refractivity contribution in [2.45, 2.75) is 0 Å². The van der Waals surface area contributed by atoms with Gasteiger partial charge in [-0.1, -0.05) is 30.3 Å². The second-order valence-corrected chi connectivity index (χ2v) is 8.98. The van der Waals surface area contributed by atoms with E-state index in [1.807, 2.05) is 29.2 Å². The fourth-order valence-electron chi connectivity index (χ4n) is 4.94. The standard InChI is InChI=1S/C28H23F3N4O3/c29-17-14-20(25(31)22(30)15-17)18-4-3-5-19-26(18)32-16-21(27(19)34-8-11-37-12-9-34)28(36)33-35-10-13-38-24-7-2-1-6-23(24)35/h1-7,14-16H,8-13H2,(H,33,36). The summed E-state index contributed by atoms with van der Waals surface area (Å²) in [5.74, 6) is -3.07. The molecule has 10 heteroatoms. The number of benzene rings is 3. The molecule has 1 fully saturated rings. The number of amides is 1. The molecule has 2 aliphatic heterocycles. The van der Waals surface area contributed by atoms with Crippen LogP contribution in [-0.4, -0.2) is 50.3 Å². The maximum Gasteiger partial charge on any atom is 0.273 e. The lowest BCUT2D eigenvalue weighted by Crippen LogP contribution is -2.47. The van der Waals surface area contributed by atoms with Crippen molar-refractivity contribution >= 4 is 28.2 Å². The lowest BCUT2D eigenvalue weighted by molar-refractivity contribution is 0.0943. The average Bonchev–Trinajstić information content (AvgIpc) is 2.94. The summed E-state index contributed by atoms with van der Waals surface area (Å²) in [7, 11) is 0. The summed E-state index contributed by atoms with van der Waals surface area (Å²) in [6, 6.07) is 13.8. The number of rotatable bonds is 4. The number of hydrazine groups is 1. The zero-order chi connectivity index (χ0) is 26.2. The first-order valence-corrected chi connectivity index (χ1v) is 12.2. The topological polar surface area (TPSA) is 66.9 Å². The van der Waals surface area contributed by atoms with Crippen LogP contribution in [-0.2, 0) is 4.74 Å². The fraction of sp³-hybridized carbons (Fsp3) is 0.214. The van der Waals surface area contributed by atoms with Gasteiger partial charge in [0.1, 0.15) is 18.2 Å². The van der Waals surface area contributed by atoms with Crippen LogP contribution >= 0.6 is 0 Å². The molecule has 0 saturated carbocycles. The number of morpholine rings is 1. The van der Waals surface area contributed by atoms with Crippen LogP contribution in [0.2, 0.25) is 0 Å². The molecule has 194 valence electrons. The predicted molar refractivity (Wildman–Crippen MR) is 137 cm³/mol. The second kappa shape index (κ2) is 9.86. The van der Waals surface area contributed by atoms with Crippen molar-refractivity contribution in [1.82, 2.24) is 10.4 Å². The van der Waals surface area contributed by atoms with Crippen LogP contribution < -0.4 is 20.1 Å². The van der Waals surface area contributed by atoms with Crippen LogP contribution in [0.3, 0.4) is 0 Å². The molecule has 38 heavy (non-hydrogen) atoms. The van der Waals surface area contributed by atoms with Crippen LogP contribution in [0.5, 0.6) is 5.75 Å². The van der Waals surface area contributed by atoms with Gasteiger partial charge in [0, 0.05) is 41.9 Å². The maximum atomic E-state index is 14.8. The molecule has 0 atom stereocenters. The van der Waals surface area contributed by atoms with Gasteiger partial charge in [-0.05, 0) is 18.2 Å². The quantitative estimate of drug-likeness (QED) is 0.394. The van der Waals surface area contributed by atoms with E-state index in [-0.39, 0.29) is 17.0 Å². The van der Waals surface area contributed by atoms with E-state index >= 15 is 0 Å². The Hall–Kier alpha value is -4.31. The van der Waals surface area contributed by atoms with Crippen molar-refractivity contribution in [2.24, 2.45) is 0 Å². The molecule has 1 saturated heterocycles. The normalized spacial score (nSPS) is 15.2. The average molecular weight is 521 g/mol. The predicted octanol–water partition coefficient (Wildman–Crippen LogP) is 4.70. The number of nitrogens with one attached hydrogen (secondary N) is 1. The highest BCUT2D eigenvalue weighted by atomic mass is 19.2. The first-order chi connectivity index (χ1) is 18.5. The molecule has 0 aliphatic carbocycles. The molecule has 0 radical (unpaired) electrons. The van der Waals surface area contributed by atoms with Crippen LogP contribution in [0.4, 0.5) is 24.5 Å². The number of anilines is 2. The smallest absolute Gasteiger partial charge is 0.273 e. The van der Waals surface area contributed by atoms with Gasteiger partial charge in [-0.25, -0.2) is 13.2 Å². The summed E-state index contributed by atoms with van der Waals surface area (Å²) in [6.07, 6.45) is 1.42. The van der Waals surface area contributed by atoms with E-state index in [9.17, 15) is 18.0 Å². The third-order valence-corrected chi connectivity index (χ3v) is 6.69. The number of hydrogen-bond acceptors (Lipinski definition) is 6. The van der Waals surface area contributed by atoms with E-state index < -0.39 is 17.5 Å². The fourth-order valence-corrected chi connectivity index (χ4v) is 4.94. The zero-order valence-corrected chi connectivity index (χ0v) is 20.2. The SMILES string of the molecule is O=C(NN1CCOc2ccccc21)c1cnc2c(-c3cc(F)cc(F)c3F)cccc2c1N1CCOCC1. The van der Waals surface area contributed by atoms with Gasteiger partial charge >= 0.3 is 0 Å². The summed E-state index contributed by atoms with van der Waals surface area (Å²) in [5.41, 5.74) is 4.91. The Bertz CT molecular complexity index is 1540. The second-order valence-electron chi connectivity index (χ2n) is 8.98. The summed E-state index contributed by atoms with van der Waals surface area (Å²) in [6.45, 7) is 2.82. The van der Waals surface area contributed by atoms with E-state index in [4.69, 9.17) is 9.47 Å². The number of carbonyl (C=O) groups is 1. The highest BCUT2D eigenvalue weighted by Crippen LogP contribution is 2.37. The van der Waals surface area contributed by atoms with Crippen LogP contribution in [0, 0.1) is 17.5 Å². The minimum atomic E-state index is -1.29. The van der Waals surface area contributed by atoms with Crippen molar-refractivity contribution in [2.75, 3.05) is 49.4 Å². The van der Waals surface area contributed by atoms with E-state index in [1.54, 1.807) is 23.2 Å². The molecule has 0 unspecified atom stereocenters. The number of fused-ring (bicyclic) bond motifs is 2. The van der Waals surface area contributed by atoms with Crippen LogP contribution in [0.25, 0.3) is 22.0 Å². The molecule has 1 amide bonds. The molecule has 3 aromatic carbocycles. The molecular formula is C28H23F3N4O3. The Kier molecular flexibility index (Phi) is 6.24. The number of pyridine rings is 1.